The van der Waals surface area contributed by atoms with Crippen LogP contribution in [-0.4, -0.2) is 45.2 Å². The fourth-order valence-corrected chi connectivity index (χ4v) is 3.89. The number of morpholine rings is 1. The lowest BCUT2D eigenvalue weighted by atomic mass is 10.1. The van der Waals surface area contributed by atoms with Gasteiger partial charge < -0.3 is 25.5 Å². The zero-order chi connectivity index (χ0) is 19.6. The summed E-state index contributed by atoms with van der Waals surface area (Å²) in [6.45, 7) is 2.22. The van der Waals surface area contributed by atoms with E-state index in [0.717, 1.165) is 42.6 Å². The first-order chi connectivity index (χ1) is 14.1. The summed E-state index contributed by atoms with van der Waals surface area (Å²) in [4.78, 5) is 20.3. The van der Waals surface area contributed by atoms with E-state index in [9.17, 15) is 0 Å². The number of hydrogen-bond acceptors (Lipinski definition) is 9. The predicted octanol–water partition coefficient (Wildman–Crippen LogP) is 2.37. The Morgan fingerprint density at radius 3 is 2.76 bits per heavy atom. The molecule has 1 saturated carbocycles. The van der Waals surface area contributed by atoms with E-state index in [2.05, 4.69) is 14.9 Å². The first-order valence-corrected chi connectivity index (χ1v) is 9.58. The minimum absolute atomic E-state index is 0.0184. The van der Waals surface area contributed by atoms with E-state index in [1.807, 2.05) is 30.3 Å². The Bertz CT molecular complexity index is 1260. The molecule has 1 aliphatic heterocycles. The zero-order valence-electron chi connectivity index (χ0n) is 15.6. The first-order valence-electron chi connectivity index (χ1n) is 9.58. The lowest BCUT2D eigenvalue weighted by molar-refractivity contribution is 0.0201. The van der Waals surface area contributed by atoms with Gasteiger partial charge in [0.15, 0.2) is 11.2 Å². The summed E-state index contributed by atoms with van der Waals surface area (Å²) >= 11 is 0. The molecular weight excluding hydrogens is 370 g/mol. The van der Waals surface area contributed by atoms with E-state index in [4.69, 9.17) is 30.6 Å². The van der Waals surface area contributed by atoms with Crippen molar-refractivity contribution < 1.29 is 9.15 Å². The number of nitrogens with zero attached hydrogens (tertiary/aromatic N) is 5. The highest BCUT2D eigenvalue weighted by atomic mass is 16.5. The van der Waals surface area contributed by atoms with E-state index in [-0.39, 0.29) is 11.6 Å². The summed E-state index contributed by atoms with van der Waals surface area (Å²) in [5.41, 5.74) is 15.4. The molecule has 4 aromatic rings. The molecule has 29 heavy (non-hydrogen) atoms. The summed E-state index contributed by atoms with van der Waals surface area (Å²) in [5, 5.41) is 0.735. The van der Waals surface area contributed by atoms with Crippen LogP contribution in [0.2, 0.25) is 0 Å². The monoisotopic (exact) mass is 389 g/mol. The molecular formula is C20H19N7O2. The van der Waals surface area contributed by atoms with E-state index >= 15 is 0 Å². The van der Waals surface area contributed by atoms with Gasteiger partial charge in [0.25, 0.3) is 6.01 Å². The molecule has 4 N–H and O–H groups in total. The van der Waals surface area contributed by atoms with Crippen molar-refractivity contribution in [2.24, 2.45) is 0 Å². The van der Waals surface area contributed by atoms with Crippen LogP contribution in [0.25, 0.3) is 33.4 Å². The first kappa shape index (κ1) is 16.5. The number of rotatable bonds is 2. The highest BCUT2D eigenvalue weighted by molar-refractivity contribution is 5.89. The van der Waals surface area contributed by atoms with Crippen LogP contribution in [0.3, 0.4) is 0 Å². The number of anilines is 3. The third kappa shape index (κ3) is 2.73. The number of nitrogen functional groups attached to an aromatic ring is 2. The number of hydrogen-bond donors (Lipinski definition) is 2. The van der Waals surface area contributed by atoms with Gasteiger partial charge in [-0.25, -0.2) is 4.98 Å². The third-order valence-electron chi connectivity index (χ3n) is 5.62. The Labute approximate surface area is 165 Å². The largest absolute Gasteiger partial charge is 0.424 e. The average Bonchev–Trinajstić information content (AvgIpc) is 3.35. The molecule has 146 valence electrons. The molecule has 9 heteroatoms. The van der Waals surface area contributed by atoms with Crippen molar-refractivity contribution in [1.29, 1.82) is 0 Å². The van der Waals surface area contributed by atoms with Gasteiger partial charge in [0.05, 0.1) is 23.3 Å². The Morgan fingerprint density at radius 2 is 1.90 bits per heavy atom. The Morgan fingerprint density at radius 1 is 1.00 bits per heavy atom. The summed E-state index contributed by atoms with van der Waals surface area (Å²) < 4.78 is 11.2. The SMILES string of the molecule is Nc1nc2cc(-c3ccc4c(N)nc(N5CCOC6(CC6)C5)nc4n3)ccc2o1. The van der Waals surface area contributed by atoms with Gasteiger partial charge in [0, 0.05) is 18.7 Å². The van der Waals surface area contributed by atoms with Crippen LogP contribution in [0.4, 0.5) is 17.8 Å². The molecule has 6 rings (SSSR count). The molecule has 0 radical (unpaired) electrons. The lowest BCUT2D eigenvalue weighted by Gasteiger charge is -2.33. The van der Waals surface area contributed by atoms with Gasteiger partial charge in [-0.05, 0) is 43.2 Å². The topological polar surface area (TPSA) is 129 Å². The molecule has 0 unspecified atom stereocenters. The van der Waals surface area contributed by atoms with Crippen LogP contribution < -0.4 is 16.4 Å². The lowest BCUT2D eigenvalue weighted by Crippen LogP contribution is -2.44. The molecule has 0 atom stereocenters. The van der Waals surface area contributed by atoms with Gasteiger partial charge in [-0.1, -0.05) is 0 Å². The summed E-state index contributed by atoms with van der Waals surface area (Å²) in [6.07, 6.45) is 2.17. The van der Waals surface area contributed by atoms with Crippen molar-refractivity contribution in [2.45, 2.75) is 18.4 Å². The van der Waals surface area contributed by atoms with Crippen LogP contribution in [-0.2, 0) is 4.74 Å². The summed E-state index contributed by atoms with van der Waals surface area (Å²) in [6, 6.07) is 9.61. The molecule has 0 amide bonds. The van der Waals surface area contributed by atoms with E-state index in [0.29, 0.717) is 35.1 Å². The molecule has 0 bridgehead atoms. The Balaban J connectivity index is 1.42. The molecule has 2 fully saturated rings. The van der Waals surface area contributed by atoms with Crippen molar-refractivity contribution in [3.8, 4) is 11.3 Å². The normalized spacial score (nSPS) is 18.0. The van der Waals surface area contributed by atoms with Gasteiger partial charge in [0.1, 0.15) is 11.3 Å². The second-order valence-electron chi connectivity index (χ2n) is 7.66. The molecule has 2 aliphatic rings. The van der Waals surface area contributed by atoms with Gasteiger partial charge in [-0.3, -0.25) is 0 Å². The molecule has 3 aromatic heterocycles. The predicted molar refractivity (Wildman–Crippen MR) is 109 cm³/mol. The standard InChI is InChI=1S/C20H19N7O2/c21-16-12-2-3-13(11-1-4-15-14(9-11)24-18(22)29-15)23-17(12)26-19(25-16)27-7-8-28-20(10-27)5-6-20/h1-4,9H,5-8,10H2,(H2,22,24)(H2,21,23,25,26). The van der Waals surface area contributed by atoms with Crippen molar-refractivity contribution in [3.63, 3.8) is 0 Å². The molecule has 1 aromatic carbocycles. The van der Waals surface area contributed by atoms with Gasteiger partial charge in [-0.15, -0.1) is 0 Å². The van der Waals surface area contributed by atoms with Gasteiger partial charge in [-0.2, -0.15) is 15.0 Å². The molecule has 1 spiro atoms. The highest BCUT2D eigenvalue weighted by Gasteiger charge is 2.48. The van der Waals surface area contributed by atoms with Crippen LogP contribution >= 0.6 is 0 Å². The van der Waals surface area contributed by atoms with Crippen molar-refractivity contribution in [2.75, 3.05) is 36.1 Å². The minimum Gasteiger partial charge on any atom is -0.424 e. The van der Waals surface area contributed by atoms with E-state index in [1.165, 1.54) is 0 Å². The maximum absolute atomic E-state index is 6.23. The number of pyridine rings is 1. The fourth-order valence-electron chi connectivity index (χ4n) is 3.89. The number of aromatic nitrogens is 4. The van der Waals surface area contributed by atoms with E-state index in [1.54, 1.807) is 0 Å². The van der Waals surface area contributed by atoms with Crippen molar-refractivity contribution >= 4 is 39.9 Å². The smallest absolute Gasteiger partial charge is 0.292 e. The molecule has 1 aliphatic carbocycles. The number of ether oxygens (including phenoxy) is 1. The quantitative estimate of drug-likeness (QED) is 0.530. The maximum Gasteiger partial charge on any atom is 0.292 e. The summed E-state index contributed by atoms with van der Waals surface area (Å²) in [5.74, 6) is 1.04. The number of oxazole rings is 1. The number of nitrogens with two attached hydrogens (primary N) is 2. The van der Waals surface area contributed by atoms with Crippen LogP contribution in [0, 0.1) is 0 Å². The number of benzene rings is 1. The highest BCUT2D eigenvalue weighted by Crippen LogP contribution is 2.42. The number of fused-ring (bicyclic) bond motifs is 2. The second-order valence-corrected chi connectivity index (χ2v) is 7.66. The van der Waals surface area contributed by atoms with Crippen LogP contribution in [0.15, 0.2) is 34.7 Å². The Hall–Kier alpha value is -3.46. The Kier molecular flexibility index (Phi) is 3.28. The van der Waals surface area contributed by atoms with Crippen molar-refractivity contribution in [3.05, 3.63) is 30.3 Å². The third-order valence-corrected chi connectivity index (χ3v) is 5.62. The van der Waals surface area contributed by atoms with Crippen molar-refractivity contribution in [1.82, 2.24) is 19.9 Å². The van der Waals surface area contributed by atoms with Gasteiger partial charge >= 0.3 is 0 Å². The van der Waals surface area contributed by atoms with Gasteiger partial charge in [0.2, 0.25) is 5.95 Å². The second kappa shape index (κ2) is 5.77. The molecule has 1 saturated heterocycles. The van der Waals surface area contributed by atoms with Crippen LogP contribution in [0.5, 0.6) is 0 Å². The van der Waals surface area contributed by atoms with E-state index < -0.39 is 0 Å². The van der Waals surface area contributed by atoms with Crippen LogP contribution in [0.1, 0.15) is 12.8 Å². The summed E-state index contributed by atoms with van der Waals surface area (Å²) in [7, 11) is 0. The maximum atomic E-state index is 6.23. The molecule has 4 heterocycles. The minimum atomic E-state index is -0.0184. The zero-order valence-corrected chi connectivity index (χ0v) is 15.6. The average molecular weight is 389 g/mol. The molecule has 9 nitrogen and oxygen atoms in total. The fraction of sp³-hybridized carbons (Fsp3) is 0.300.